The predicted molar refractivity (Wildman–Crippen MR) is 106 cm³/mol. The first kappa shape index (κ1) is 18.0. The highest BCUT2D eigenvalue weighted by Crippen LogP contribution is 2.29. The van der Waals surface area contributed by atoms with Crippen LogP contribution >= 0.6 is 22.9 Å². The van der Waals surface area contributed by atoms with Gasteiger partial charge in [0.2, 0.25) is 5.91 Å². The molecule has 9 heteroatoms. The van der Waals surface area contributed by atoms with Crippen LogP contribution in [0, 0.1) is 0 Å². The quantitative estimate of drug-likeness (QED) is 0.532. The molecule has 4 rings (SSSR count). The number of thiazole rings is 1. The second-order valence-electron chi connectivity index (χ2n) is 6.05. The first-order valence-electron chi connectivity index (χ1n) is 7.86. The second kappa shape index (κ2) is 6.63. The summed E-state index contributed by atoms with van der Waals surface area (Å²) >= 11 is 7.23. The number of hydrogen-bond acceptors (Lipinski definition) is 6. The lowest BCUT2D eigenvalue weighted by molar-refractivity contribution is -0.115. The van der Waals surface area contributed by atoms with Gasteiger partial charge in [0.1, 0.15) is 5.58 Å². The van der Waals surface area contributed by atoms with Crippen molar-refractivity contribution in [2.45, 2.75) is 11.3 Å². The molecule has 6 nitrogen and oxygen atoms in total. The average Bonchev–Trinajstić information content (AvgIpc) is 3.16. The third kappa shape index (κ3) is 3.69. The van der Waals surface area contributed by atoms with Crippen LogP contribution in [0.15, 0.2) is 52.0 Å². The number of carbonyl (C=O) groups excluding carboxylic acids is 1. The van der Waals surface area contributed by atoms with Gasteiger partial charge < -0.3 is 9.73 Å². The van der Waals surface area contributed by atoms with E-state index in [1.807, 2.05) is 0 Å². The minimum Gasteiger partial charge on any atom is -0.464 e. The normalized spacial score (nSPS) is 11.9. The lowest BCUT2D eigenvalue weighted by atomic mass is 10.1. The molecule has 0 radical (unpaired) electrons. The zero-order valence-corrected chi connectivity index (χ0v) is 16.4. The Balaban J connectivity index is 1.56. The van der Waals surface area contributed by atoms with Gasteiger partial charge in [-0.25, -0.2) is 13.4 Å². The number of nitrogens with one attached hydrogen (secondary N) is 1. The maximum atomic E-state index is 12.4. The summed E-state index contributed by atoms with van der Waals surface area (Å²) < 4.78 is 29.5. The van der Waals surface area contributed by atoms with E-state index in [1.165, 1.54) is 23.7 Å². The molecule has 0 saturated carbocycles. The Morgan fingerprint density at radius 1 is 1.26 bits per heavy atom. The van der Waals surface area contributed by atoms with Crippen LogP contribution in [0.3, 0.4) is 0 Å². The summed E-state index contributed by atoms with van der Waals surface area (Å²) in [6.07, 6.45) is 2.80. The van der Waals surface area contributed by atoms with Gasteiger partial charge >= 0.3 is 0 Å². The van der Waals surface area contributed by atoms with E-state index < -0.39 is 9.84 Å². The van der Waals surface area contributed by atoms with Crippen molar-refractivity contribution in [3.63, 3.8) is 0 Å². The highest BCUT2D eigenvalue weighted by atomic mass is 35.5. The van der Waals surface area contributed by atoms with E-state index in [0.717, 1.165) is 17.2 Å². The molecule has 0 unspecified atom stereocenters. The van der Waals surface area contributed by atoms with Crippen LogP contribution in [-0.2, 0) is 21.1 Å². The van der Waals surface area contributed by atoms with E-state index in [2.05, 4.69) is 10.3 Å². The second-order valence-corrected chi connectivity index (χ2v) is 9.53. The maximum absolute atomic E-state index is 12.4. The van der Waals surface area contributed by atoms with Gasteiger partial charge in [-0.2, -0.15) is 0 Å². The van der Waals surface area contributed by atoms with Gasteiger partial charge in [0, 0.05) is 22.2 Å². The largest absolute Gasteiger partial charge is 0.464 e. The number of hydrogen-bond donors (Lipinski definition) is 1. The molecule has 2 aromatic heterocycles. The zero-order chi connectivity index (χ0) is 19.2. The number of carbonyl (C=O) groups is 1. The first-order chi connectivity index (χ1) is 12.8. The summed E-state index contributed by atoms with van der Waals surface area (Å²) in [5.41, 5.74) is 2.02. The van der Waals surface area contributed by atoms with Crippen molar-refractivity contribution in [1.82, 2.24) is 4.98 Å². The van der Waals surface area contributed by atoms with Gasteiger partial charge in [0.25, 0.3) is 0 Å². The molecule has 0 aliphatic carbocycles. The number of sulfone groups is 1. The lowest BCUT2D eigenvalue weighted by Crippen LogP contribution is -2.13. The molecule has 0 saturated heterocycles. The third-order valence-electron chi connectivity index (χ3n) is 4.00. The number of amides is 1. The van der Waals surface area contributed by atoms with Gasteiger partial charge in [0.15, 0.2) is 15.0 Å². The molecule has 27 heavy (non-hydrogen) atoms. The molecule has 1 amide bonds. The summed E-state index contributed by atoms with van der Waals surface area (Å²) in [7, 11) is -3.30. The Labute approximate surface area is 163 Å². The Morgan fingerprint density at radius 3 is 2.85 bits per heavy atom. The number of rotatable bonds is 4. The SMILES string of the molecule is CS(=O)(=O)c1ccc2nc(NC(=O)Cc3coc4ccc(Cl)cc34)sc2c1. The number of halogens is 1. The van der Waals surface area contributed by atoms with E-state index in [4.69, 9.17) is 16.0 Å². The van der Waals surface area contributed by atoms with Crippen LogP contribution in [0.4, 0.5) is 5.13 Å². The highest BCUT2D eigenvalue weighted by molar-refractivity contribution is 7.90. The summed E-state index contributed by atoms with van der Waals surface area (Å²) in [4.78, 5) is 16.9. The summed E-state index contributed by atoms with van der Waals surface area (Å²) in [5.74, 6) is -0.250. The molecule has 0 spiro atoms. The van der Waals surface area contributed by atoms with Crippen LogP contribution < -0.4 is 5.32 Å². The zero-order valence-electron chi connectivity index (χ0n) is 14.0. The van der Waals surface area contributed by atoms with E-state index in [0.29, 0.717) is 26.0 Å². The Morgan fingerprint density at radius 2 is 2.07 bits per heavy atom. The number of benzene rings is 2. The van der Waals surface area contributed by atoms with Crippen molar-refractivity contribution in [2.75, 3.05) is 11.6 Å². The smallest absolute Gasteiger partial charge is 0.230 e. The molecular weight excluding hydrogens is 408 g/mol. The molecule has 138 valence electrons. The summed E-state index contributed by atoms with van der Waals surface area (Å²) in [6.45, 7) is 0. The number of aromatic nitrogens is 1. The molecule has 0 aliphatic rings. The number of fused-ring (bicyclic) bond motifs is 2. The number of nitrogens with zero attached hydrogens (tertiary/aromatic N) is 1. The van der Waals surface area contributed by atoms with Crippen molar-refractivity contribution in [3.05, 3.63) is 53.2 Å². The van der Waals surface area contributed by atoms with E-state index >= 15 is 0 Å². The van der Waals surface area contributed by atoms with E-state index in [-0.39, 0.29) is 17.2 Å². The fraction of sp³-hybridized carbons (Fsp3) is 0.111. The lowest BCUT2D eigenvalue weighted by Gasteiger charge is -2.00. The van der Waals surface area contributed by atoms with Gasteiger partial charge in [-0.15, -0.1) is 0 Å². The van der Waals surface area contributed by atoms with Crippen molar-refractivity contribution < 1.29 is 17.6 Å². The molecule has 0 aliphatic heterocycles. The van der Waals surface area contributed by atoms with Gasteiger partial charge in [0.05, 0.1) is 27.8 Å². The Bertz CT molecular complexity index is 1290. The topological polar surface area (TPSA) is 89.3 Å². The van der Waals surface area contributed by atoms with Crippen LogP contribution in [0.2, 0.25) is 5.02 Å². The summed E-state index contributed by atoms with van der Waals surface area (Å²) in [5, 5.41) is 4.52. The maximum Gasteiger partial charge on any atom is 0.230 e. The van der Waals surface area contributed by atoms with Crippen LogP contribution in [0.25, 0.3) is 21.2 Å². The van der Waals surface area contributed by atoms with Gasteiger partial charge in [-0.05, 0) is 36.4 Å². The van der Waals surface area contributed by atoms with Crippen LogP contribution in [-0.4, -0.2) is 25.6 Å². The molecule has 0 atom stereocenters. The van der Waals surface area contributed by atoms with Crippen molar-refractivity contribution in [1.29, 1.82) is 0 Å². The van der Waals surface area contributed by atoms with Crippen molar-refractivity contribution in [2.24, 2.45) is 0 Å². The average molecular weight is 421 g/mol. The van der Waals surface area contributed by atoms with E-state index in [9.17, 15) is 13.2 Å². The molecule has 2 heterocycles. The number of anilines is 1. The van der Waals surface area contributed by atoms with Crippen molar-refractivity contribution >= 4 is 65.0 Å². The van der Waals surface area contributed by atoms with Gasteiger partial charge in [-0.3, -0.25) is 4.79 Å². The van der Waals surface area contributed by atoms with Crippen LogP contribution in [0.5, 0.6) is 0 Å². The first-order valence-corrected chi connectivity index (χ1v) is 10.9. The predicted octanol–water partition coefficient (Wildman–Crippen LogP) is 4.28. The fourth-order valence-corrected chi connectivity index (χ4v) is 4.53. The van der Waals surface area contributed by atoms with E-state index in [1.54, 1.807) is 30.3 Å². The molecule has 4 aromatic rings. The molecular formula is C18H13ClN2O4S2. The Kier molecular flexibility index (Phi) is 4.41. The van der Waals surface area contributed by atoms with Crippen molar-refractivity contribution in [3.8, 4) is 0 Å². The Hall–Kier alpha value is -2.42. The monoisotopic (exact) mass is 420 g/mol. The standard InChI is InChI=1S/C18H13ClN2O4S2/c1-27(23,24)12-3-4-14-16(8-12)26-18(20-14)21-17(22)6-10-9-25-15-5-2-11(19)7-13(10)15/h2-5,7-9H,6H2,1H3,(H,20,21,22). The summed E-state index contributed by atoms with van der Waals surface area (Å²) in [6, 6.07) is 9.93. The van der Waals surface area contributed by atoms with Crippen LogP contribution in [0.1, 0.15) is 5.56 Å². The highest BCUT2D eigenvalue weighted by Gasteiger charge is 2.14. The molecule has 2 aromatic carbocycles. The third-order valence-corrected chi connectivity index (χ3v) is 6.28. The fourth-order valence-electron chi connectivity index (χ4n) is 2.72. The van der Waals surface area contributed by atoms with Gasteiger partial charge in [-0.1, -0.05) is 22.9 Å². The molecule has 0 bridgehead atoms. The number of furan rings is 1. The minimum absolute atomic E-state index is 0.109. The minimum atomic E-state index is -3.30. The molecule has 1 N–H and O–H groups in total. The molecule has 0 fully saturated rings.